The van der Waals surface area contributed by atoms with Crippen LogP contribution in [0.5, 0.6) is 0 Å². The van der Waals surface area contributed by atoms with E-state index in [1.54, 1.807) is 15.5 Å². The first-order chi connectivity index (χ1) is 15.0. The van der Waals surface area contributed by atoms with Gasteiger partial charge in [0, 0.05) is 30.6 Å². The van der Waals surface area contributed by atoms with Gasteiger partial charge in [0.15, 0.2) is 5.16 Å². The molecule has 6 nitrogen and oxygen atoms in total. The highest BCUT2D eigenvalue weighted by Crippen LogP contribution is 2.33. The van der Waals surface area contributed by atoms with Crippen LogP contribution < -0.4 is 5.56 Å². The molecule has 8 heteroatoms. The third-order valence-electron chi connectivity index (χ3n) is 5.48. The van der Waals surface area contributed by atoms with E-state index in [4.69, 9.17) is 9.72 Å². The third-order valence-corrected chi connectivity index (χ3v) is 7.31. The summed E-state index contributed by atoms with van der Waals surface area (Å²) in [6.45, 7) is 10.6. The Hall–Kier alpha value is -2.42. The zero-order valence-electron chi connectivity index (χ0n) is 17.7. The molecule has 0 bridgehead atoms. The van der Waals surface area contributed by atoms with Gasteiger partial charge in [-0.15, -0.1) is 17.9 Å². The summed E-state index contributed by atoms with van der Waals surface area (Å²) in [5.41, 5.74) is 4.22. The quantitative estimate of drug-likeness (QED) is 0.321. The molecule has 162 valence electrons. The molecule has 0 saturated carbocycles. The summed E-state index contributed by atoms with van der Waals surface area (Å²) >= 11 is 2.77. The molecule has 2 aromatic heterocycles. The predicted molar refractivity (Wildman–Crippen MR) is 127 cm³/mol. The molecule has 3 aromatic rings. The number of rotatable bonds is 6. The second kappa shape index (κ2) is 9.38. The van der Waals surface area contributed by atoms with Gasteiger partial charge in [0.25, 0.3) is 5.56 Å². The van der Waals surface area contributed by atoms with Crippen molar-refractivity contribution in [1.82, 2.24) is 14.5 Å². The number of carbonyl (C=O) groups excluding carboxylic acids is 1. The Morgan fingerprint density at radius 3 is 2.77 bits per heavy atom. The summed E-state index contributed by atoms with van der Waals surface area (Å²) in [6.07, 6.45) is 1.69. The van der Waals surface area contributed by atoms with Gasteiger partial charge >= 0.3 is 0 Å². The highest BCUT2D eigenvalue weighted by molar-refractivity contribution is 7.99. The maximum absolute atomic E-state index is 13.4. The van der Waals surface area contributed by atoms with E-state index in [2.05, 4.69) is 32.6 Å². The van der Waals surface area contributed by atoms with Crippen LogP contribution in [0.3, 0.4) is 0 Å². The summed E-state index contributed by atoms with van der Waals surface area (Å²) in [6, 6.07) is 6.23. The van der Waals surface area contributed by atoms with Gasteiger partial charge in [-0.2, -0.15) is 0 Å². The number of nitrogens with zero attached hydrogens (tertiary/aromatic N) is 3. The number of hydrogen-bond acceptors (Lipinski definition) is 6. The molecule has 0 spiro atoms. The van der Waals surface area contributed by atoms with Crippen LogP contribution in [0.4, 0.5) is 0 Å². The largest absolute Gasteiger partial charge is 0.378 e. The van der Waals surface area contributed by atoms with Gasteiger partial charge in [-0.3, -0.25) is 14.2 Å². The highest BCUT2D eigenvalue weighted by atomic mass is 32.2. The molecule has 0 atom stereocenters. The fourth-order valence-electron chi connectivity index (χ4n) is 3.56. The Kier molecular flexibility index (Phi) is 6.60. The number of thiophene rings is 1. The van der Waals surface area contributed by atoms with E-state index in [-0.39, 0.29) is 17.2 Å². The minimum atomic E-state index is -0.0966. The highest BCUT2D eigenvalue weighted by Gasteiger charge is 2.20. The standard InChI is InChI=1S/C23H25N3O3S2/c1-4-7-26-22(28)20-18(17-6-5-15(2)16(3)12-17)13-30-21(20)24-23(26)31-14-19(27)25-8-10-29-11-9-25/h4-6,12-13H,1,7-11,14H2,2-3H3. The van der Waals surface area contributed by atoms with Crippen molar-refractivity contribution in [3.63, 3.8) is 0 Å². The van der Waals surface area contributed by atoms with Crippen molar-refractivity contribution in [2.24, 2.45) is 0 Å². The average molecular weight is 456 g/mol. The zero-order chi connectivity index (χ0) is 22.0. The Labute approximate surface area is 189 Å². The third kappa shape index (κ3) is 4.46. The summed E-state index contributed by atoms with van der Waals surface area (Å²) in [4.78, 5) is 33.3. The Balaban J connectivity index is 1.69. The van der Waals surface area contributed by atoms with Crippen LogP contribution >= 0.6 is 23.1 Å². The minimum Gasteiger partial charge on any atom is -0.378 e. The molecule has 1 aliphatic rings. The summed E-state index contributed by atoms with van der Waals surface area (Å²) in [5.74, 6) is 0.277. The molecular weight excluding hydrogens is 430 g/mol. The number of benzene rings is 1. The lowest BCUT2D eigenvalue weighted by Crippen LogP contribution is -2.41. The van der Waals surface area contributed by atoms with Gasteiger partial charge in [0.1, 0.15) is 4.83 Å². The van der Waals surface area contributed by atoms with Crippen molar-refractivity contribution in [2.45, 2.75) is 25.5 Å². The van der Waals surface area contributed by atoms with Gasteiger partial charge in [-0.25, -0.2) is 4.98 Å². The van der Waals surface area contributed by atoms with Crippen LogP contribution in [0.25, 0.3) is 21.3 Å². The molecule has 1 aliphatic heterocycles. The molecule has 1 amide bonds. The Bertz CT molecular complexity index is 1190. The van der Waals surface area contributed by atoms with Crippen molar-refractivity contribution in [3.05, 3.63) is 57.7 Å². The number of aryl methyl sites for hydroxylation is 2. The number of carbonyl (C=O) groups is 1. The second-order valence-corrected chi connectivity index (χ2v) is 9.31. The number of aromatic nitrogens is 2. The van der Waals surface area contributed by atoms with E-state index in [1.807, 2.05) is 11.4 Å². The number of amides is 1. The summed E-state index contributed by atoms with van der Waals surface area (Å²) < 4.78 is 6.93. The lowest BCUT2D eigenvalue weighted by Gasteiger charge is -2.26. The van der Waals surface area contributed by atoms with Gasteiger partial charge in [-0.05, 0) is 30.5 Å². The van der Waals surface area contributed by atoms with Crippen LogP contribution in [-0.2, 0) is 16.1 Å². The molecule has 4 rings (SSSR count). The first kappa shape index (κ1) is 21.8. The molecule has 31 heavy (non-hydrogen) atoms. The Morgan fingerprint density at radius 2 is 2.06 bits per heavy atom. The summed E-state index contributed by atoms with van der Waals surface area (Å²) in [5, 5.41) is 3.17. The van der Waals surface area contributed by atoms with Gasteiger partial charge in [0.2, 0.25) is 5.91 Å². The van der Waals surface area contributed by atoms with Crippen molar-refractivity contribution in [3.8, 4) is 11.1 Å². The number of thioether (sulfide) groups is 1. The fourth-order valence-corrected chi connectivity index (χ4v) is 5.46. The molecule has 3 heterocycles. The average Bonchev–Trinajstić information content (AvgIpc) is 3.21. The Morgan fingerprint density at radius 1 is 1.29 bits per heavy atom. The SMILES string of the molecule is C=CCn1c(SCC(=O)N2CCOCC2)nc2scc(-c3ccc(C)c(C)c3)c2c1=O. The van der Waals surface area contributed by atoms with E-state index in [9.17, 15) is 9.59 Å². The predicted octanol–water partition coefficient (Wildman–Crippen LogP) is 3.88. The molecule has 0 aliphatic carbocycles. The van der Waals surface area contributed by atoms with E-state index >= 15 is 0 Å². The van der Waals surface area contributed by atoms with Crippen molar-refractivity contribution >= 4 is 39.2 Å². The number of ether oxygens (including phenoxy) is 1. The fraction of sp³-hybridized carbons (Fsp3) is 0.348. The minimum absolute atomic E-state index is 0.0369. The topological polar surface area (TPSA) is 64.4 Å². The van der Waals surface area contributed by atoms with E-state index in [1.165, 1.54) is 34.2 Å². The number of allylic oxidation sites excluding steroid dienone is 1. The monoisotopic (exact) mass is 455 g/mol. The van der Waals surface area contributed by atoms with E-state index in [0.717, 1.165) is 11.1 Å². The molecule has 1 fully saturated rings. The van der Waals surface area contributed by atoms with Crippen LogP contribution in [0.15, 0.2) is 46.2 Å². The molecule has 0 radical (unpaired) electrons. The zero-order valence-corrected chi connectivity index (χ0v) is 19.4. The number of hydrogen-bond donors (Lipinski definition) is 0. The lowest BCUT2D eigenvalue weighted by molar-refractivity contribution is -0.132. The first-order valence-corrected chi connectivity index (χ1v) is 12.0. The first-order valence-electron chi connectivity index (χ1n) is 10.2. The normalized spacial score (nSPS) is 14.2. The number of morpholine rings is 1. The van der Waals surface area contributed by atoms with Crippen molar-refractivity contribution in [1.29, 1.82) is 0 Å². The van der Waals surface area contributed by atoms with E-state index in [0.29, 0.717) is 48.2 Å². The number of fused-ring (bicyclic) bond motifs is 1. The molecular formula is C23H25N3O3S2. The van der Waals surface area contributed by atoms with Crippen LogP contribution in [0.2, 0.25) is 0 Å². The molecule has 0 unspecified atom stereocenters. The molecule has 1 saturated heterocycles. The van der Waals surface area contributed by atoms with Crippen LogP contribution in [0, 0.1) is 13.8 Å². The van der Waals surface area contributed by atoms with Crippen molar-refractivity contribution in [2.75, 3.05) is 32.1 Å². The maximum atomic E-state index is 13.4. The van der Waals surface area contributed by atoms with E-state index < -0.39 is 0 Å². The van der Waals surface area contributed by atoms with Crippen molar-refractivity contribution < 1.29 is 9.53 Å². The van der Waals surface area contributed by atoms with Gasteiger partial charge in [0.05, 0.1) is 24.4 Å². The van der Waals surface area contributed by atoms with Crippen LogP contribution in [-0.4, -0.2) is 52.4 Å². The maximum Gasteiger partial charge on any atom is 0.263 e. The smallest absolute Gasteiger partial charge is 0.263 e. The second-order valence-electron chi connectivity index (χ2n) is 7.51. The lowest BCUT2D eigenvalue weighted by atomic mass is 10.0. The molecule has 1 aromatic carbocycles. The van der Waals surface area contributed by atoms with Gasteiger partial charge < -0.3 is 9.64 Å². The summed E-state index contributed by atoms with van der Waals surface area (Å²) in [7, 11) is 0. The van der Waals surface area contributed by atoms with Gasteiger partial charge in [-0.1, -0.05) is 36.0 Å². The van der Waals surface area contributed by atoms with Crippen LogP contribution in [0.1, 0.15) is 11.1 Å². The molecule has 0 N–H and O–H groups in total.